The maximum absolute atomic E-state index is 5.91. The SMILES string of the molecule is S=c1n(CN2CCC(c3ccccc3)C2)nc(Cc2ccccc2)n1-c1ccccc1. The minimum atomic E-state index is 0.579. The van der Waals surface area contributed by atoms with Crippen LogP contribution in [0.3, 0.4) is 0 Å². The third-order valence-corrected chi connectivity index (χ3v) is 6.40. The van der Waals surface area contributed by atoms with Gasteiger partial charge in [-0.05, 0) is 47.8 Å². The molecule has 0 spiro atoms. The van der Waals surface area contributed by atoms with Gasteiger partial charge in [-0.25, -0.2) is 4.68 Å². The van der Waals surface area contributed by atoms with Gasteiger partial charge in [0.15, 0.2) is 0 Å². The number of nitrogens with zero attached hydrogens (tertiary/aromatic N) is 4. The van der Waals surface area contributed by atoms with Crippen LogP contribution in [-0.4, -0.2) is 32.3 Å². The fourth-order valence-corrected chi connectivity index (χ4v) is 4.73. The van der Waals surface area contributed by atoms with Gasteiger partial charge < -0.3 is 0 Å². The lowest BCUT2D eigenvalue weighted by atomic mass is 9.99. The summed E-state index contributed by atoms with van der Waals surface area (Å²) >= 11 is 5.91. The summed E-state index contributed by atoms with van der Waals surface area (Å²) in [5.74, 6) is 1.55. The molecular formula is C26H26N4S. The molecule has 4 aromatic rings. The van der Waals surface area contributed by atoms with E-state index in [9.17, 15) is 0 Å². The Bertz CT molecular complexity index is 1180. The maximum Gasteiger partial charge on any atom is 0.203 e. The summed E-state index contributed by atoms with van der Waals surface area (Å²) in [7, 11) is 0. The molecule has 5 heteroatoms. The van der Waals surface area contributed by atoms with Crippen molar-refractivity contribution < 1.29 is 0 Å². The maximum atomic E-state index is 5.91. The largest absolute Gasteiger partial charge is 0.284 e. The quantitative estimate of drug-likeness (QED) is 0.384. The molecule has 1 aliphatic rings. The van der Waals surface area contributed by atoms with Crippen molar-refractivity contribution in [2.75, 3.05) is 13.1 Å². The summed E-state index contributed by atoms with van der Waals surface area (Å²) in [6, 6.07) is 31.6. The van der Waals surface area contributed by atoms with Crippen molar-refractivity contribution >= 4 is 12.2 Å². The van der Waals surface area contributed by atoms with Crippen molar-refractivity contribution in [3.63, 3.8) is 0 Å². The first-order valence-corrected chi connectivity index (χ1v) is 11.2. The number of para-hydroxylation sites is 1. The van der Waals surface area contributed by atoms with E-state index in [1.165, 1.54) is 17.5 Å². The highest BCUT2D eigenvalue weighted by atomic mass is 32.1. The zero-order chi connectivity index (χ0) is 21.0. The van der Waals surface area contributed by atoms with Crippen molar-refractivity contribution in [1.82, 2.24) is 19.2 Å². The minimum absolute atomic E-state index is 0.579. The Hall–Kier alpha value is -3.02. The van der Waals surface area contributed by atoms with E-state index in [2.05, 4.69) is 76.2 Å². The highest BCUT2D eigenvalue weighted by molar-refractivity contribution is 7.71. The number of rotatable bonds is 6. The number of benzene rings is 3. The lowest BCUT2D eigenvalue weighted by Gasteiger charge is -2.16. The molecule has 1 saturated heterocycles. The topological polar surface area (TPSA) is 26.0 Å². The highest BCUT2D eigenvalue weighted by Crippen LogP contribution is 2.27. The van der Waals surface area contributed by atoms with Crippen molar-refractivity contribution in [2.45, 2.75) is 25.4 Å². The summed E-state index contributed by atoms with van der Waals surface area (Å²) in [6.45, 7) is 2.83. The molecule has 156 valence electrons. The van der Waals surface area contributed by atoms with Crippen molar-refractivity contribution in [3.05, 3.63) is 113 Å². The van der Waals surface area contributed by atoms with Gasteiger partial charge in [0.1, 0.15) is 5.82 Å². The molecule has 0 bridgehead atoms. The molecule has 0 radical (unpaired) electrons. The Morgan fingerprint density at radius 3 is 2.19 bits per heavy atom. The Morgan fingerprint density at radius 2 is 1.48 bits per heavy atom. The van der Waals surface area contributed by atoms with Gasteiger partial charge in [0.05, 0.1) is 6.67 Å². The molecule has 0 amide bonds. The van der Waals surface area contributed by atoms with Gasteiger partial charge in [-0.3, -0.25) is 9.47 Å². The van der Waals surface area contributed by atoms with Crippen molar-refractivity contribution in [3.8, 4) is 5.69 Å². The molecule has 1 fully saturated rings. The van der Waals surface area contributed by atoms with Crippen LogP contribution in [0.2, 0.25) is 0 Å². The van der Waals surface area contributed by atoms with Gasteiger partial charge in [0.25, 0.3) is 0 Å². The second-order valence-electron chi connectivity index (χ2n) is 8.15. The minimum Gasteiger partial charge on any atom is -0.284 e. The van der Waals surface area contributed by atoms with Gasteiger partial charge in [-0.1, -0.05) is 78.9 Å². The van der Waals surface area contributed by atoms with E-state index in [1.807, 2.05) is 28.9 Å². The molecule has 1 aliphatic heterocycles. The van der Waals surface area contributed by atoms with E-state index in [1.54, 1.807) is 0 Å². The van der Waals surface area contributed by atoms with Gasteiger partial charge in [-0.2, -0.15) is 5.10 Å². The Morgan fingerprint density at radius 1 is 0.839 bits per heavy atom. The van der Waals surface area contributed by atoms with Gasteiger partial charge >= 0.3 is 0 Å². The lowest BCUT2D eigenvalue weighted by molar-refractivity contribution is 0.249. The molecule has 1 aromatic heterocycles. The van der Waals surface area contributed by atoms with Crippen LogP contribution in [0.25, 0.3) is 5.69 Å². The van der Waals surface area contributed by atoms with E-state index < -0.39 is 0 Å². The molecule has 0 N–H and O–H groups in total. The number of aromatic nitrogens is 3. The number of likely N-dealkylation sites (tertiary alicyclic amines) is 1. The van der Waals surface area contributed by atoms with Crippen molar-refractivity contribution in [2.24, 2.45) is 0 Å². The summed E-state index contributed by atoms with van der Waals surface area (Å²) in [5, 5.41) is 4.98. The Balaban J connectivity index is 1.42. The molecule has 1 atom stereocenters. The van der Waals surface area contributed by atoms with Crippen molar-refractivity contribution in [1.29, 1.82) is 0 Å². The average Bonchev–Trinajstić information content (AvgIpc) is 3.40. The first-order valence-electron chi connectivity index (χ1n) is 10.8. The fraction of sp³-hybridized carbons (Fsp3) is 0.231. The first-order chi connectivity index (χ1) is 15.3. The van der Waals surface area contributed by atoms with Crippen LogP contribution < -0.4 is 0 Å². The normalized spacial score (nSPS) is 16.6. The smallest absolute Gasteiger partial charge is 0.203 e. The fourth-order valence-electron chi connectivity index (χ4n) is 4.42. The summed E-state index contributed by atoms with van der Waals surface area (Å²) in [5.41, 5.74) is 3.72. The number of hydrogen-bond acceptors (Lipinski definition) is 3. The van der Waals surface area contributed by atoms with Crippen LogP contribution in [0.4, 0.5) is 0 Å². The monoisotopic (exact) mass is 426 g/mol. The summed E-state index contributed by atoms with van der Waals surface area (Å²) in [6.07, 6.45) is 1.92. The third kappa shape index (κ3) is 4.38. The van der Waals surface area contributed by atoms with Crippen LogP contribution in [0, 0.1) is 4.77 Å². The lowest BCUT2D eigenvalue weighted by Crippen LogP contribution is -2.24. The van der Waals surface area contributed by atoms with Crippen LogP contribution >= 0.6 is 12.2 Å². The standard InChI is InChI=1S/C26H26N4S/c31-26-29(20-28-17-16-23(19-28)22-12-6-2-7-13-22)27-25(18-21-10-4-1-5-11-21)30(26)24-14-8-3-9-15-24/h1-15,23H,16-20H2. The Labute approximate surface area is 188 Å². The van der Waals surface area contributed by atoms with E-state index in [0.717, 1.165) is 42.5 Å². The molecular weight excluding hydrogens is 400 g/mol. The van der Waals surface area contributed by atoms with E-state index >= 15 is 0 Å². The zero-order valence-electron chi connectivity index (χ0n) is 17.5. The molecule has 31 heavy (non-hydrogen) atoms. The number of hydrogen-bond donors (Lipinski definition) is 0. The third-order valence-electron chi connectivity index (χ3n) is 6.00. The molecule has 4 nitrogen and oxygen atoms in total. The molecule has 0 saturated carbocycles. The van der Waals surface area contributed by atoms with E-state index in [0.29, 0.717) is 5.92 Å². The summed E-state index contributed by atoms with van der Waals surface area (Å²) in [4.78, 5) is 2.46. The molecule has 0 aliphatic carbocycles. The van der Waals surface area contributed by atoms with E-state index in [-0.39, 0.29) is 0 Å². The second kappa shape index (κ2) is 9.00. The van der Waals surface area contributed by atoms with Gasteiger partial charge in [0.2, 0.25) is 4.77 Å². The Kier molecular flexibility index (Phi) is 5.78. The van der Waals surface area contributed by atoms with Crippen LogP contribution in [0.1, 0.15) is 29.3 Å². The van der Waals surface area contributed by atoms with Crippen LogP contribution in [0.15, 0.2) is 91.0 Å². The molecule has 3 aromatic carbocycles. The molecule has 1 unspecified atom stereocenters. The van der Waals surface area contributed by atoms with Crippen LogP contribution in [0.5, 0.6) is 0 Å². The van der Waals surface area contributed by atoms with Gasteiger partial charge in [0, 0.05) is 25.2 Å². The average molecular weight is 427 g/mol. The highest BCUT2D eigenvalue weighted by Gasteiger charge is 2.25. The molecule has 5 rings (SSSR count). The predicted octanol–water partition coefficient (Wildman–Crippen LogP) is 5.44. The zero-order valence-corrected chi connectivity index (χ0v) is 18.3. The first kappa shape index (κ1) is 19.9. The molecule has 2 heterocycles. The predicted molar refractivity (Wildman–Crippen MR) is 127 cm³/mol. The van der Waals surface area contributed by atoms with Crippen LogP contribution in [-0.2, 0) is 13.1 Å². The summed E-state index contributed by atoms with van der Waals surface area (Å²) < 4.78 is 4.86. The second-order valence-corrected chi connectivity index (χ2v) is 8.51. The van der Waals surface area contributed by atoms with E-state index in [4.69, 9.17) is 17.3 Å². The van der Waals surface area contributed by atoms with Gasteiger partial charge in [-0.15, -0.1) is 0 Å².